The molecule has 0 amide bonds. The van der Waals surface area contributed by atoms with E-state index < -0.39 is 0 Å². The van der Waals surface area contributed by atoms with Crippen LogP contribution < -0.4 is 0 Å². The Balaban J connectivity index is 2.72. The summed E-state index contributed by atoms with van der Waals surface area (Å²) in [4.78, 5) is 13.8. The molecule has 0 spiro atoms. The number of methoxy groups -OCH3 is 1. The second-order valence-corrected chi connectivity index (χ2v) is 5.61. The third-order valence-electron chi connectivity index (χ3n) is 3.09. The van der Waals surface area contributed by atoms with Gasteiger partial charge in [0.05, 0.1) is 12.7 Å². The number of hydrogen-bond donors (Lipinski definition) is 0. The molecule has 106 valence electrons. The number of hydrogen-bond acceptors (Lipinski definition) is 3. The molecule has 19 heavy (non-hydrogen) atoms. The van der Waals surface area contributed by atoms with Gasteiger partial charge >= 0.3 is 5.97 Å². The average molecular weight is 263 g/mol. The maximum absolute atomic E-state index is 11.4. The third kappa shape index (κ3) is 5.03. The summed E-state index contributed by atoms with van der Waals surface area (Å²) < 4.78 is 4.70. The Morgan fingerprint density at radius 1 is 1.16 bits per heavy atom. The Labute approximate surface area is 116 Å². The molecule has 0 bridgehead atoms. The van der Waals surface area contributed by atoms with Gasteiger partial charge in [-0.1, -0.05) is 26.0 Å². The smallest absolute Gasteiger partial charge is 0.337 e. The lowest BCUT2D eigenvalue weighted by molar-refractivity contribution is 0.0600. The van der Waals surface area contributed by atoms with E-state index in [0.29, 0.717) is 17.5 Å². The van der Waals surface area contributed by atoms with Crippen LogP contribution in [-0.2, 0) is 11.3 Å². The van der Waals surface area contributed by atoms with Crippen LogP contribution in [0.5, 0.6) is 0 Å². The van der Waals surface area contributed by atoms with Crippen LogP contribution in [-0.4, -0.2) is 30.6 Å². The largest absolute Gasteiger partial charge is 0.465 e. The zero-order chi connectivity index (χ0) is 14.4. The first-order valence-electron chi connectivity index (χ1n) is 6.85. The Bertz CT molecular complexity index is 396. The van der Waals surface area contributed by atoms with Gasteiger partial charge in [-0.05, 0) is 37.5 Å². The van der Waals surface area contributed by atoms with Crippen LogP contribution in [0.3, 0.4) is 0 Å². The molecule has 0 radical (unpaired) electrons. The molecule has 0 atom stereocenters. The van der Waals surface area contributed by atoms with Gasteiger partial charge in [0, 0.05) is 19.1 Å². The molecule has 0 aliphatic carbocycles. The number of benzene rings is 1. The minimum atomic E-state index is -0.283. The summed E-state index contributed by atoms with van der Waals surface area (Å²) in [6.07, 6.45) is 0. The SMILES string of the molecule is COC(=O)c1ccc(CN(CC(C)C)C(C)C)cc1. The average Bonchev–Trinajstić information content (AvgIpc) is 2.37. The predicted octanol–water partition coefficient (Wildman–Crippen LogP) is 3.34. The fourth-order valence-electron chi connectivity index (χ4n) is 2.03. The van der Waals surface area contributed by atoms with Gasteiger partial charge < -0.3 is 4.74 Å². The molecule has 0 unspecified atom stereocenters. The topological polar surface area (TPSA) is 29.5 Å². The number of carbonyl (C=O) groups excluding carboxylic acids is 1. The monoisotopic (exact) mass is 263 g/mol. The number of esters is 1. The van der Waals surface area contributed by atoms with E-state index in [1.807, 2.05) is 24.3 Å². The molecule has 0 heterocycles. The number of carbonyl (C=O) groups is 1. The minimum Gasteiger partial charge on any atom is -0.465 e. The fraction of sp³-hybridized carbons (Fsp3) is 0.562. The van der Waals surface area contributed by atoms with E-state index in [-0.39, 0.29) is 5.97 Å². The summed E-state index contributed by atoms with van der Waals surface area (Å²) in [5.41, 5.74) is 1.83. The lowest BCUT2D eigenvalue weighted by Gasteiger charge is -2.28. The summed E-state index contributed by atoms with van der Waals surface area (Å²) >= 11 is 0. The van der Waals surface area contributed by atoms with E-state index in [0.717, 1.165) is 13.1 Å². The summed E-state index contributed by atoms with van der Waals surface area (Å²) in [6, 6.07) is 8.18. The zero-order valence-electron chi connectivity index (χ0n) is 12.6. The molecule has 0 N–H and O–H groups in total. The predicted molar refractivity (Wildman–Crippen MR) is 78.2 cm³/mol. The molecular weight excluding hydrogens is 238 g/mol. The van der Waals surface area contributed by atoms with Gasteiger partial charge in [-0.25, -0.2) is 4.79 Å². The number of ether oxygens (including phenoxy) is 1. The first kappa shape index (κ1) is 15.7. The molecule has 0 saturated heterocycles. The van der Waals surface area contributed by atoms with Crippen molar-refractivity contribution in [1.82, 2.24) is 4.90 Å². The van der Waals surface area contributed by atoms with Crippen LogP contribution in [0.2, 0.25) is 0 Å². The Kier molecular flexibility index (Phi) is 6.03. The first-order chi connectivity index (χ1) is 8.93. The van der Waals surface area contributed by atoms with Gasteiger partial charge in [-0.2, -0.15) is 0 Å². The van der Waals surface area contributed by atoms with Crippen molar-refractivity contribution < 1.29 is 9.53 Å². The molecule has 0 aliphatic rings. The van der Waals surface area contributed by atoms with Crippen molar-refractivity contribution in [2.75, 3.05) is 13.7 Å². The van der Waals surface area contributed by atoms with Gasteiger partial charge in [-0.3, -0.25) is 4.90 Å². The number of nitrogens with zero attached hydrogens (tertiary/aromatic N) is 1. The van der Waals surface area contributed by atoms with Crippen LogP contribution in [0.25, 0.3) is 0 Å². The third-order valence-corrected chi connectivity index (χ3v) is 3.09. The molecule has 0 saturated carbocycles. The Hall–Kier alpha value is -1.35. The second-order valence-electron chi connectivity index (χ2n) is 5.61. The second kappa shape index (κ2) is 7.29. The maximum atomic E-state index is 11.4. The first-order valence-corrected chi connectivity index (χ1v) is 6.85. The van der Waals surface area contributed by atoms with Crippen molar-refractivity contribution in [1.29, 1.82) is 0 Å². The zero-order valence-corrected chi connectivity index (χ0v) is 12.6. The van der Waals surface area contributed by atoms with Crippen LogP contribution in [0.15, 0.2) is 24.3 Å². The van der Waals surface area contributed by atoms with Gasteiger partial charge in [0.25, 0.3) is 0 Å². The van der Waals surface area contributed by atoms with Crippen molar-refractivity contribution in [2.45, 2.75) is 40.3 Å². The normalized spacial score (nSPS) is 11.4. The van der Waals surface area contributed by atoms with E-state index in [1.54, 1.807) is 0 Å². The molecule has 0 fully saturated rings. The van der Waals surface area contributed by atoms with E-state index in [2.05, 4.69) is 32.6 Å². The quantitative estimate of drug-likeness (QED) is 0.737. The summed E-state index contributed by atoms with van der Waals surface area (Å²) in [5.74, 6) is 0.367. The minimum absolute atomic E-state index is 0.283. The highest BCUT2D eigenvalue weighted by molar-refractivity contribution is 5.89. The lowest BCUT2D eigenvalue weighted by Crippen LogP contribution is -2.33. The highest BCUT2D eigenvalue weighted by atomic mass is 16.5. The highest BCUT2D eigenvalue weighted by Crippen LogP contribution is 2.12. The maximum Gasteiger partial charge on any atom is 0.337 e. The Morgan fingerprint density at radius 2 is 1.74 bits per heavy atom. The van der Waals surface area contributed by atoms with Crippen LogP contribution in [0, 0.1) is 5.92 Å². The molecule has 1 rings (SSSR count). The van der Waals surface area contributed by atoms with Crippen molar-refractivity contribution in [3.8, 4) is 0 Å². The molecule has 3 nitrogen and oxygen atoms in total. The molecule has 1 aromatic rings. The van der Waals surface area contributed by atoms with Crippen molar-refractivity contribution in [3.63, 3.8) is 0 Å². The Morgan fingerprint density at radius 3 is 2.16 bits per heavy atom. The standard InChI is InChI=1S/C16H25NO2/c1-12(2)10-17(13(3)4)11-14-6-8-15(9-7-14)16(18)19-5/h6-9,12-13H,10-11H2,1-5H3. The lowest BCUT2D eigenvalue weighted by atomic mass is 10.1. The van der Waals surface area contributed by atoms with Gasteiger partial charge in [-0.15, -0.1) is 0 Å². The van der Waals surface area contributed by atoms with Crippen LogP contribution in [0.1, 0.15) is 43.6 Å². The molecule has 1 aromatic carbocycles. The van der Waals surface area contributed by atoms with E-state index in [1.165, 1.54) is 12.7 Å². The molecule has 0 aromatic heterocycles. The van der Waals surface area contributed by atoms with Crippen LogP contribution in [0.4, 0.5) is 0 Å². The van der Waals surface area contributed by atoms with Crippen molar-refractivity contribution in [2.24, 2.45) is 5.92 Å². The van der Waals surface area contributed by atoms with E-state index in [9.17, 15) is 4.79 Å². The van der Waals surface area contributed by atoms with Gasteiger partial charge in [0.2, 0.25) is 0 Å². The van der Waals surface area contributed by atoms with Crippen LogP contribution >= 0.6 is 0 Å². The van der Waals surface area contributed by atoms with Gasteiger partial charge in [0.1, 0.15) is 0 Å². The van der Waals surface area contributed by atoms with E-state index >= 15 is 0 Å². The van der Waals surface area contributed by atoms with Crippen molar-refractivity contribution >= 4 is 5.97 Å². The van der Waals surface area contributed by atoms with Crippen molar-refractivity contribution in [3.05, 3.63) is 35.4 Å². The molecule has 0 aliphatic heterocycles. The molecule has 3 heteroatoms. The summed E-state index contributed by atoms with van der Waals surface area (Å²) in [7, 11) is 1.40. The fourth-order valence-corrected chi connectivity index (χ4v) is 2.03. The highest BCUT2D eigenvalue weighted by Gasteiger charge is 2.12. The molecular formula is C16H25NO2. The van der Waals surface area contributed by atoms with E-state index in [4.69, 9.17) is 4.74 Å². The number of rotatable bonds is 6. The summed E-state index contributed by atoms with van der Waals surface area (Å²) in [5, 5.41) is 0. The van der Waals surface area contributed by atoms with Gasteiger partial charge in [0.15, 0.2) is 0 Å². The summed E-state index contributed by atoms with van der Waals surface area (Å²) in [6.45, 7) is 10.9.